The van der Waals surface area contributed by atoms with Gasteiger partial charge < -0.3 is 10.1 Å². The van der Waals surface area contributed by atoms with Crippen molar-refractivity contribution < 1.29 is 17.9 Å². The number of ether oxygens (including phenoxy) is 1. The molecule has 0 saturated heterocycles. The molecule has 1 amide bonds. The van der Waals surface area contributed by atoms with Gasteiger partial charge in [0.15, 0.2) is 0 Å². The van der Waals surface area contributed by atoms with Crippen molar-refractivity contribution in [1.82, 2.24) is 4.72 Å². The van der Waals surface area contributed by atoms with E-state index in [0.717, 1.165) is 0 Å². The summed E-state index contributed by atoms with van der Waals surface area (Å²) in [5.41, 5.74) is 0.440. The number of nitrogens with one attached hydrogen (secondary N) is 2. The average molecular weight is 325 g/mol. The fraction of sp³-hybridized carbons (Fsp3) is 0.429. The number of amides is 1. The summed E-state index contributed by atoms with van der Waals surface area (Å²) in [5, 5.41) is 10.9. The fourth-order valence-corrected chi connectivity index (χ4v) is 2.68. The van der Waals surface area contributed by atoms with E-state index in [-0.39, 0.29) is 11.3 Å². The Kier molecular flexibility index (Phi) is 7.52. The highest BCUT2D eigenvalue weighted by Crippen LogP contribution is 2.14. The minimum absolute atomic E-state index is 0.113. The highest BCUT2D eigenvalue weighted by Gasteiger charge is 2.13. The second kappa shape index (κ2) is 9.15. The van der Waals surface area contributed by atoms with Crippen molar-refractivity contribution in [3.8, 4) is 6.07 Å². The average Bonchev–Trinajstić information content (AvgIpc) is 2.48. The monoisotopic (exact) mass is 325 g/mol. The van der Waals surface area contributed by atoms with Crippen LogP contribution in [-0.2, 0) is 19.6 Å². The number of sulfonamides is 1. The number of rotatable bonds is 9. The molecular weight excluding hydrogens is 306 g/mol. The molecule has 0 spiro atoms. The lowest BCUT2D eigenvalue weighted by Crippen LogP contribution is -2.25. The maximum Gasteiger partial charge on any atom is 0.240 e. The topological polar surface area (TPSA) is 108 Å². The number of hydrogen-bond acceptors (Lipinski definition) is 5. The zero-order valence-corrected chi connectivity index (χ0v) is 13.1. The lowest BCUT2D eigenvalue weighted by Gasteiger charge is -2.08. The van der Waals surface area contributed by atoms with Crippen molar-refractivity contribution >= 4 is 21.6 Å². The fourth-order valence-electron chi connectivity index (χ4n) is 1.60. The maximum absolute atomic E-state index is 12.0. The summed E-state index contributed by atoms with van der Waals surface area (Å²) in [7, 11) is -3.57. The standard InChI is InChI=1S/C14H19N3O4S/c1-2-21-11-3-10-16-22(19,20)13-6-4-12(5-7-13)17-14(18)8-9-15/h4-7,16H,2-3,8,10-11H2,1H3,(H,17,18). The van der Waals surface area contributed by atoms with Gasteiger partial charge in [0.2, 0.25) is 15.9 Å². The molecule has 0 aliphatic rings. The van der Waals surface area contributed by atoms with E-state index in [1.807, 2.05) is 6.92 Å². The predicted molar refractivity (Wildman–Crippen MR) is 81.6 cm³/mol. The molecule has 2 N–H and O–H groups in total. The molecule has 0 aliphatic carbocycles. The van der Waals surface area contributed by atoms with Crippen LogP contribution < -0.4 is 10.0 Å². The van der Waals surface area contributed by atoms with Crippen molar-refractivity contribution in [2.75, 3.05) is 25.1 Å². The number of benzene rings is 1. The summed E-state index contributed by atoms with van der Waals surface area (Å²) in [6, 6.07) is 7.48. The first-order valence-electron chi connectivity index (χ1n) is 6.84. The Hall–Kier alpha value is -1.95. The zero-order chi connectivity index (χ0) is 16.4. The quantitative estimate of drug-likeness (QED) is 0.664. The van der Waals surface area contributed by atoms with Crippen molar-refractivity contribution in [3.63, 3.8) is 0 Å². The van der Waals surface area contributed by atoms with E-state index in [1.54, 1.807) is 6.07 Å². The van der Waals surface area contributed by atoms with Gasteiger partial charge in [0.1, 0.15) is 6.42 Å². The SMILES string of the molecule is CCOCCCNS(=O)(=O)c1ccc(NC(=O)CC#N)cc1. The van der Waals surface area contributed by atoms with Crippen LogP contribution in [0.2, 0.25) is 0 Å². The van der Waals surface area contributed by atoms with Gasteiger partial charge in [-0.1, -0.05) is 0 Å². The molecule has 1 rings (SSSR count). The lowest BCUT2D eigenvalue weighted by molar-refractivity contribution is -0.115. The zero-order valence-electron chi connectivity index (χ0n) is 12.3. The number of nitrogens with zero attached hydrogens (tertiary/aromatic N) is 1. The molecule has 7 nitrogen and oxygen atoms in total. The third-order valence-corrected chi connectivity index (χ3v) is 4.13. The van der Waals surface area contributed by atoms with Crippen LogP contribution in [0.1, 0.15) is 19.8 Å². The van der Waals surface area contributed by atoms with Crippen LogP contribution >= 0.6 is 0 Å². The molecular formula is C14H19N3O4S. The summed E-state index contributed by atoms with van der Waals surface area (Å²) < 4.78 is 31.6. The van der Waals surface area contributed by atoms with Gasteiger partial charge in [-0.05, 0) is 37.6 Å². The predicted octanol–water partition coefficient (Wildman–Crippen LogP) is 1.24. The molecule has 0 aliphatic heterocycles. The molecule has 0 heterocycles. The first-order chi connectivity index (χ1) is 10.5. The van der Waals surface area contributed by atoms with Crippen LogP contribution in [0, 0.1) is 11.3 Å². The van der Waals surface area contributed by atoms with Crippen molar-refractivity contribution in [2.24, 2.45) is 0 Å². The maximum atomic E-state index is 12.0. The highest BCUT2D eigenvalue weighted by atomic mass is 32.2. The van der Waals surface area contributed by atoms with Crippen LogP contribution in [-0.4, -0.2) is 34.1 Å². The van der Waals surface area contributed by atoms with E-state index < -0.39 is 15.9 Å². The van der Waals surface area contributed by atoms with Crippen molar-refractivity contribution in [2.45, 2.75) is 24.7 Å². The second-order valence-corrected chi connectivity index (χ2v) is 6.12. The van der Waals surface area contributed by atoms with Gasteiger partial charge in [-0.2, -0.15) is 5.26 Å². The molecule has 0 bridgehead atoms. The normalized spacial score (nSPS) is 10.9. The third kappa shape index (κ3) is 6.22. The van der Waals surface area contributed by atoms with Gasteiger partial charge in [0.25, 0.3) is 0 Å². The van der Waals surface area contributed by atoms with Crippen LogP contribution in [0.4, 0.5) is 5.69 Å². The molecule has 0 unspecified atom stereocenters. The van der Waals surface area contributed by atoms with E-state index >= 15 is 0 Å². The van der Waals surface area contributed by atoms with Gasteiger partial charge >= 0.3 is 0 Å². The number of nitriles is 1. The lowest BCUT2D eigenvalue weighted by atomic mass is 10.3. The van der Waals surface area contributed by atoms with Gasteiger partial charge in [0.05, 0.1) is 11.0 Å². The molecule has 0 fully saturated rings. The van der Waals surface area contributed by atoms with Crippen LogP contribution in [0.25, 0.3) is 0 Å². The van der Waals surface area contributed by atoms with Gasteiger partial charge in [-0.3, -0.25) is 4.79 Å². The summed E-state index contributed by atoms with van der Waals surface area (Å²) in [5.74, 6) is -0.438. The van der Waals surface area contributed by atoms with E-state index in [1.165, 1.54) is 24.3 Å². The Labute approximate surface area is 130 Å². The summed E-state index contributed by atoms with van der Waals surface area (Å²) in [6.45, 7) is 3.28. The smallest absolute Gasteiger partial charge is 0.240 e. The van der Waals surface area contributed by atoms with Crippen LogP contribution in [0.15, 0.2) is 29.2 Å². The molecule has 0 saturated carbocycles. The molecule has 0 radical (unpaired) electrons. The number of hydrogen-bond donors (Lipinski definition) is 2. The Morgan fingerprint density at radius 3 is 2.59 bits per heavy atom. The summed E-state index contributed by atoms with van der Waals surface area (Å²) in [6.07, 6.45) is 0.344. The first-order valence-corrected chi connectivity index (χ1v) is 8.32. The molecule has 1 aromatic rings. The molecule has 22 heavy (non-hydrogen) atoms. The molecule has 1 aromatic carbocycles. The van der Waals surface area contributed by atoms with Crippen LogP contribution in [0.3, 0.4) is 0 Å². The third-order valence-electron chi connectivity index (χ3n) is 2.65. The summed E-state index contributed by atoms with van der Waals surface area (Å²) in [4.78, 5) is 11.4. The van der Waals surface area contributed by atoms with E-state index in [0.29, 0.717) is 31.9 Å². The largest absolute Gasteiger partial charge is 0.382 e. The Morgan fingerprint density at radius 1 is 1.32 bits per heavy atom. The minimum Gasteiger partial charge on any atom is -0.382 e. The number of carbonyl (C=O) groups is 1. The van der Waals surface area contributed by atoms with E-state index in [4.69, 9.17) is 10.00 Å². The number of carbonyl (C=O) groups excluding carboxylic acids is 1. The highest BCUT2D eigenvalue weighted by molar-refractivity contribution is 7.89. The molecule has 0 aromatic heterocycles. The molecule has 120 valence electrons. The minimum atomic E-state index is -3.57. The van der Waals surface area contributed by atoms with Crippen molar-refractivity contribution in [3.05, 3.63) is 24.3 Å². The first kappa shape index (κ1) is 18.1. The summed E-state index contributed by atoms with van der Waals surface area (Å²) >= 11 is 0. The van der Waals surface area contributed by atoms with Gasteiger partial charge in [-0.15, -0.1) is 0 Å². The second-order valence-electron chi connectivity index (χ2n) is 4.36. The van der Waals surface area contributed by atoms with Crippen molar-refractivity contribution in [1.29, 1.82) is 5.26 Å². The Bertz CT molecular complexity index is 620. The number of anilines is 1. The van der Waals surface area contributed by atoms with E-state index in [9.17, 15) is 13.2 Å². The molecule has 0 atom stereocenters. The Morgan fingerprint density at radius 2 is 2.00 bits per heavy atom. The van der Waals surface area contributed by atoms with Gasteiger partial charge in [-0.25, -0.2) is 13.1 Å². The Balaban J connectivity index is 2.57. The van der Waals surface area contributed by atoms with Crippen LogP contribution in [0.5, 0.6) is 0 Å². The van der Waals surface area contributed by atoms with Gasteiger partial charge in [0, 0.05) is 25.4 Å². The van der Waals surface area contributed by atoms with E-state index in [2.05, 4.69) is 10.0 Å². The molecule has 8 heteroatoms.